The van der Waals surface area contributed by atoms with Crippen molar-refractivity contribution in [3.05, 3.63) is 64.1 Å². The molecule has 0 aliphatic heterocycles. The Balaban J connectivity index is 2.26. The van der Waals surface area contributed by atoms with Crippen molar-refractivity contribution in [3.63, 3.8) is 0 Å². The fraction of sp³-hybridized carbons (Fsp3) is 0.364. The molecule has 1 atom stereocenters. The maximum absolute atomic E-state index is 13.2. The van der Waals surface area contributed by atoms with E-state index in [1.165, 1.54) is 36.2 Å². The Labute approximate surface area is 199 Å². The van der Waals surface area contributed by atoms with E-state index in [4.69, 9.17) is 23.2 Å². The summed E-state index contributed by atoms with van der Waals surface area (Å²) in [5.74, 6) is -0.836. The van der Waals surface area contributed by atoms with Crippen molar-refractivity contribution in [2.75, 3.05) is 13.6 Å². The van der Waals surface area contributed by atoms with Crippen LogP contribution in [0, 0.1) is 0 Å². The SMILES string of the molecule is CC(C)NC(=O)[C@H](C)N(Cc1ccc(Cl)cc1)C(=O)CN(C)S(=O)(=O)c1ccc(Cl)cc1. The zero-order valence-corrected chi connectivity index (χ0v) is 20.7. The van der Waals surface area contributed by atoms with Gasteiger partial charge in [-0.2, -0.15) is 4.31 Å². The summed E-state index contributed by atoms with van der Waals surface area (Å²) >= 11 is 11.8. The van der Waals surface area contributed by atoms with Gasteiger partial charge >= 0.3 is 0 Å². The van der Waals surface area contributed by atoms with Crippen molar-refractivity contribution in [1.29, 1.82) is 0 Å². The lowest BCUT2D eigenvalue weighted by Gasteiger charge is -2.30. The van der Waals surface area contributed by atoms with Gasteiger partial charge in [-0.3, -0.25) is 9.59 Å². The van der Waals surface area contributed by atoms with Crippen LogP contribution in [-0.4, -0.2) is 55.1 Å². The Morgan fingerprint density at radius 2 is 1.44 bits per heavy atom. The van der Waals surface area contributed by atoms with Crippen LogP contribution in [0.5, 0.6) is 0 Å². The highest BCUT2D eigenvalue weighted by Gasteiger charge is 2.30. The summed E-state index contributed by atoms with van der Waals surface area (Å²) in [6, 6.07) is 11.7. The molecule has 2 aromatic carbocycles. The molecule has 0 spiro atoms. The molecule has 0 fully saturated rings. The fourth-order valence-electron chi connectivity index (χ4n) is 2.93. The second kappa shape index (κ2) is 11.1. The van der Waals surface area contributed by atoms with Crippen LogP contribution >= 0.6 is 23.2 Å². The molecule has 0 aromatic heterocycles. The van der Waals surface area contributed by atoms with E-state index < -0.39 is 28.5 Å². The summed E-state index contributed by atoms with van der Waals surface area (Å²) < 4.78 is 26.7. The summed E-state index contributed by atoms with van der Waals surface area (Å²) in [5, 5.41) is 3.74. The summed E-state index contributed by atoms with van der Waals surface area (Å²) in [6.07, 6.45) is 0. The van der Waals surface area contributed by atoms with Gasteiger partial charge in [-0.1, -0.05) is 35.3 Å². The lowest BCUT2D eigenvalue weighted by Crippen LogP contribution is -2.51. The molecule has 2 aromatic rings. The molecule has 174 valence electrons. The average Bonchev–Trinajstić information content (AvgIpc) is 2.72. The number of nitrogens with zero attached hydrogens (tertiary/aromatic N) is 2. The molecule has 0 aliphatic carbocycles. The number of nitrogens with one attached hydrogen (secondary N) is 1. The van der Waals surface area contributed by atoms with Gasteiger partial charge < -0.3 is 10.2 Å². The highest BCUT2D eigenvalue weighted by Crippen LogP contribution is 2.19. The van der Waals surface area contributed by atoms with Crippen molar-refractivity contribution >= 4 is 45.0 Å². The van der Waals surface area contributed by atoms with Gasteiger partial charge in [-0.05, 0) is 62.7 Å². The smallest absolute Gasteiger partial charge is 0.243 e. The van der Waals surface area contributed by atoms with Crippen molar-refractivity contribution in [3.8, 4) is 0 Å². The number of halogens is 2. The molecule has 32 heavy (non-hydrogen) atoms. The largest absolute Gasteiger partial charge is 0.352 e. The summed E-state index contributed by atoms with van der Waals surface area (Å²) in [7, 11) is -2.60. The molecule has 0 saturated carbocycles. The Hall–Kier alpha value is -2.13. The Kier molecular flexibility index (Phi) is 9.09. The second-order valence-corrected chi connectivity index (χ2v) is 10.6. The van der Waals surface area contributed by atoms with E-state index in [1.807, 2.05) is 13.8 Å². The normalized spacial score (nSPS) is 12.6. The van der Waals surface area contributed by atoms with Crippen LogP contribution in [-0.2, 0) is 26.2 Å². The van der Waals surface area contributed by atoms with E-state index >= 15 is 0 Å². The van der Waals surface area contributed by atoms with Gasteiger partial charge in [-0.15, -0.1) is 0 Å². The van der Waals surface area contributed by atoms with E-state index in [-0.39, 0.29) is 23.4 Å². The predicted octanol–water partition coefficient (Wildman–Crippen LogP) is 3.56. The topological polar surface area (TPSA) is 86.8 Å². The van der Waals surface area contributed by atoms with Gasteiger partial charge in [0, 0.05) is 29.7 Å². The highest BCUT2D eigenvalue weighted by atomic mass is 35.5. The zero-order chi connectivity index (χ0) is 24.1. The monoisotopic (exact) mass is 499 g/mol. The lowest BCUT2D eigenvalue weighted by molar-refractivity contribution is -0.140. The third-order valence-corrected chi connectivity index (χ3v) is 7.07. The minimum Gasteiger partial charge on any atom is -0.352 e. The molecule has 0 aliphatic rings. The number of carbonyl (C=O) groups excluding carboxylic acids is 2. The number of likely N-dealkylation sites (N-methyl/N-ethyl adjacent to an activating group) is 1. The minimum absolute atomic E-state index is 0.0204. The van der Waals surface area contributed by atoms with Crippen LogP contribution in [0.2, 0.25) is 10.0 Å². The molecule has 0 bridgehead atoms. The van der Waals surface area contributed by atoms with E-state index in [0.717, 1.165) is 9.87 Å². The van der Waals surface area contributed by atoms with Gasteiger partial charge in [0.05, 0.1) is 11.4 Å². The van der Waals surface area contributed by atoms with Gasteiger partial charge in [0.25, 0.3) is 0 Å². The van der Waals surface area contributed by atoms with Crippen LogP contribution < -0.4 is 5.32 Å². The first-order valence-corrected chi connectivity index (χ1v) is 12.2. The van der Waals surface area contributed by atoms with E-state index in [0.29, 0.717) is 10.0 Å². The zero-order valence-electron chi connectivity index (χ0n) is 18.4. The van der Waals surface area contributed by atoms with E-state index in [2.05, 4.69) is 5.32 Å². The summed E-state index contributed by atoms with van der Waals surface area (Å²) in [5.41, 5.74) is 0.759. The van der Waals surface area contributed by atoms with Gasteiger partial charge in [-0.25, -0.2) is 8.42 Å². The molecule has 0 radical (unpaired) electrons. The quantitative estimate of drug-likeness (QED) is 0.571. The van der Waals surface area contributed by atoms with Gasteiger partial charge in [0.2, 0.25) is 21.8 Å². The standard InChI is InChI=1S/C22H27Cl2N3O4S/c1-15(2)25-22(29)16(3)27(13-17-5-7-18(23)8-6-17)21(28)14-26(4)32(30,31)20-11-9-19(24)10-12-20/h5-12,15-16H,13-14H2,1-4H3,(H,25,29)/t16-/m0/s1. The number of benzene rings is 2. The number of carbonyl (C=O) groups is 2. The maximum atomic E-state index is 13.2. The molecule has 10 heteroatoms. The minimum atomic E-state index is -3.92. The first-order chi connectivity index (χ1) is 14.9. The third kappa shape index (κ3) is 6.93. The van der Waals surface area contributed by atoms with Crippen LogP contribution in [0.1, 0.15) is 26.3 Å². The Bertz CT molecular complexity index is 1040. The number of amides is 2. The van der Waals surface area contributed by atoms with Gasteiger partial charge in [0.15, 0.2) is 0 Å². The summed E-state index contributed by atoms with van der Waals surface area (Å²) in [6.45, 7) is 4.94. The number of hydrogen-bond donors (Lipinski definition) is 1. The average molecular weight is 500 g/mol. The molecule has 1 N–H and O–H groups in total. The molecule has 7 nitrogen and oxygen atoms in total. The molecule has 2 amide bonds. The molecule has 0 heterocycles. The number of hydrogen-bond acceptors (Lipinski definition) is 4. The Morgan fingerprint density at radius 3 is 1.94 bits per heavy atom. The highest BCUT2D eigenvalue weighted by molar-refractivity contribution is 7.89. The first kappa shape index (κ1) is 26.1. The Morgan fingerprint density at radius 1 is 0.938 bits per heavy atom. The molecule has 2 rings (SSSR count). The van der Waals surface area contributed by atoms with Crippen molar-refractivity contribution < 1.29 is 18.0 Å². The molecule has 0 saturated heterocycles. The van der Waals surface area contributed by atoms with E-state index in [1.54, 1.807) is 31.2 Å². The fourth-order valence-corrected chi connectivity index (χ4v) is 4.30. The maximum Gasteiger partial charge on any atom is 0.243 e. The first-order valence-electron chi connectivity index (χ1n) is 9.98. The van der Waals surface area contributed by atoms with Crippen LogP contribution in [0.4, 0.5) is 0 Å². The van der Waals surface area contributed by atoms with Crippen molar-refractivity contribution in [2.24, 2.45) is 0 Å². The molecule has 0 unspecified atom stereocenters. The van der Waals surface area contributed by atoms with E-state index in [9.17, 15) is 18.0 Å². The molecular weight excluding hydrogens is 473 g/mol. The second-order valence-electron chi connectivity index (χ2n) is 7.70. The van der Waals surface area contributed by atoms with Crippen molar-refractivity contribution in [2.45, 2.75) is 44.3 Å². The van der Waals surface area contributed by atoms with Crippen LogP contribution in [0.15, 0.2) is 53.4 Å². The lowest BCUT2D eigenvalue weighted by atomic mass is 10.1. The number of sulfonamides is 1. The van der Waals surface area contributed by atoms with Crippen molar-refractivity contribution in [1.82, 2.24) is 14.5 Å². The molecular formula is C22H27Cl2N3O4S. The predicted molar refractivity (Wildman–Crippen MR) is 126 cm³/mol. The third-order valence-electron chi connectivity index (χ3n) is 4.74. The van der Waals surface area contributed by atoms with Gasteiger partial charge in [0.1, 0.15) is 6.04 Å². The van der Waals surface area contributed by atoms with Crippen LogP contribution in [0.3, 0.4) is 0 Å². The summed E-state index contributed by atoms with van der Waals surface area (Å²) in [4.78, 5) is 27.2. The van der Waals surface area contributed by atoms with Crippen LogP contribution in [0.25, 0.3) is 0 Å². The number of rotatable bonds is 9.